The lowest BCUT2D eigenvalue weighted by molar-refractivity contribution is 0.0477. The molecule has 7 heteroatoms. The molecule has 4 aromatic rings. The summed E-state index contributed by atoms with van der Waals surface area (Å²) in [5, 5.41) is 0.534. The first-order valence-electron chi connectivity index (χ1n) is 10.6. The van der Waals surface area contributed by atoms with E-state index in [0.717, 1.165) is 33.8 Å². The summed E-state index contributed by atoms with van der Waals surface area (Å²) in [7, 11) is 4.86. The van der Waals surface area contributed by atoms with Crippen LogP contribution in [0.15, 0.2) is 58.1 Å². The summed E-state index contributed by atoms with van der Waals surface area (Å²) >= 11 is 0. The first kappa shape index (κ1) is 20.3. The molecule has 0 fully saturated rings. The van der Waals surface area contributed by atoms with Gasteiger partial charge in [-0.2, -0.15) is 0 Å². The van der Waals surface area contributed by atoms with Crippen molar-refractivity contribution < 1.29 is 9.47 Å². The molecule has 0 spiro atoms. The number of hydrogen-bond donors (Lipinski definition) is 0. The largest absolute Gasteiger partial charge is 0.497 e. The number of fused-ring (bicyclic) bond motifs is 3. The van der Waals surface area contributed by atoms with Crippen molar-refractivity contribution in [1.82, 2.24) is 13.7 Å². The summed E-state index contributed by atoms with van der Waals surface area (Å²) in [6.45, 7) is 3.11. The number of rotatable bonds is 3. The lowest BCUT2D eigenvalue weighted by Crippen LogP contribution is -2.37. The van der Waals surface area contributed by atoms with E-state index in [9.17, 15) is 9.59 Å². The summed E-state index contributed by atoms with van der Waals surface area (Å²) in [6.07, 6.45) is -0.432. The Morgan fingerprint density at radius 1 is 1.03 bits per heavy atom. The molecule has 2 aromatic carbocycles. The highest BCUT2D eigenvalue weighted by Gasteiger charge is 2.33. The fourth-order valence-corrected chi connectivity index (χ4v) is 4.65. The average Bonchev–Trinajstić information content (AvgIpc) is 3.17. The number of hydrogen-bond acceptors (Lipinski definition) is 4. The zero-order valence-electron chi connectivity index (χ0n) is 18.6. The Hall–Kier alpha value is -3.58. The van der Waals surface area contributed by atoms with Crippen LogP contribution in [0.1, 0.15) is 22.9 Å². The molecule has 0 amide bonds. The number of nitrogens with zero attached hydrogens (tertiary/aromatic N) is 3. The molecule has 0 saturated carbocycles. The quantitative estimate of drug-likeness (QED) is 0.500. The summed E-state index contributed by atoms with van der Waals surface area (Å²) in [5.41, 5.74) is 4.57. The van der Waals surface area contributed by atoms with Crippen molar-refractivity contribution in [2.24, 2.45) is 14.1 Å². The van der Waals surface area contributed by atoms with E-state index in [2.05, 4.69) is 4.57 Å². The van der Waals surface area contributed by atoms with Gasteiger partial charge in [-0.1, -0.05) is 42.0 Å². The Balaban J connectivity index is 1.92. The van der Waals surface area contributed by atoms with Crippen LogP contribution in [0.4, 0.5) is 0 Å². The number of aromatic nitrogens is 3. The van der Waals surface area contributed by atoms with Gasteiger partial charge >= 0.3 is 5.69 Å². The average molecular weight is 431 g/mol. The van der Waals surface area contributed by atoms with Crippen LogP contribution >= 0.6 is 0 Å². The predicted molar refractivity (Wildman–Crippen MR) is 123 cm³/mol. The van der Waals surface area contributed by atoms with Crippen LogP contribution in [0.5, 0.6) is 5.75 Å². The van der Waals surface area contributed by atoms with Crippen LogP contribution in [0.25, 0.3) is 22.2 Å². The standard InChI is InChI=1S/C25H25N3O4/c1-15-8-10-16(11-9-15)20-19-21(26(2)25(30)27(3)24(19)29)22-23(32-13-12-28(20)22)17-6-5-7-18(14-17)31-4/h5-11,14,23H,12-13H2,1-4H3/t23-/m1/s1. The second-order valence-electron chi connectivity index (χ2n) is 8.21. The van der Waals surface area contributed by atoms with E-state index in [1.54, 1.807) is 18.7 Å². The Kier molecular flexibility index (Phi) is 4.78. The van der Waals surface area contributed by atoms with Gasteiger partial charge in [-0.3, -0.25) is 13.9 Å². The Morgan fingerprint density at radius 2 is 1.78 bits per heavy atom. The van der Waals surface area contributed by atoms with Crippen LogP contribution in [0.2, 0.25) is 0 Å². The molecule has 1 atom stereocenters. The fraction of sp³-hybridized carbons (Fsp3) is 0.280. The molecule has 5 rings (SSSR count). The van der Waals surface area contributed by atoms with Gasteiger partial charge in [0.2, 0.25) is 0 Å². The van der Waals surface area contributed by atoms with E-state index < -0.39 is 6.10 Å². The van der Waals surface area contributed by atoms with E-state index in [-0.39, 0.29) is 11.2 Å². The number of methoxy groups -OCH3 is 1. The van der Waals surface area contributed by atoms with Crippen LogP contribution in [0.3, 0.4) is 0 Å². The van der Waals surface area contributed by atoms with Crippen molar-refractivity contribution in [3.8, 4) is 17.0 Å². The molecule has 0 N–H and O–H groups in total. The van der Waals surface area contributed by atoms with Crippen LogP contribution in [-0.4, -0.2) is 27.4 Å². The monoisotopic (exact) mass is 431 g/mol. The van der Waals surface area contributed by atoms with Crippen molar-refractivity contribution in [2.75, 3.05) is 13.7 Å². The van der Waals surface area contributed by atoms with E-state index in [4.69, 9.17) is 9.47 Å². The Bertz CT molecular complexity index is 1460. The molecular weight excluding hydrogens is 406 g/mol. The first-order valence-corrected chi connectivity index (χ1v) is 10.6. The lowest BCUT2D eigenvalue weighted by Gasteiger charge is -2.28. The maximum absolute atomic E-state index is 13.4. The van der Waals surface area contributed by atoms with Gasteiger partial charge < -0.3 is 14.0 Å². The maximum atomic E-state index is 13.4. The van der Waals surface area contributed by atoms with Gasteiger partial charge in [0.05, 0.1) is 36.0 Å². The number of aryl methyl sites for hydroxylation is 2. The molecule has 0 aliphatic carbocycles. The number of benzene rings is 2. The molecule has 0 radical (unpaired) electrons. The molecule has 0 saturated heterocycles. The lowest BCUT2D eigenvalue weighted by atomic mass is 10.0. The van der Waals surface area contributed by atoms with Gasteiger partial charge in [-0.25, -0.2) is 4.79 Å². The topological polar surface area (TPSA) is 67.4 Å². The van der Waals surface area contributed by atoms with Gasteiger partial charge in [0.1, 0.15) is 11.9 Å². The highest BCUT2D eigenvalue weighted by Crippen LogP contribution is 2.41. The molecule has 0 bridgehead atoms. The Labute approximate surface area is 185 Å². The SMILES string of the molecule is COc1cccc([C@H]2OCCn3c(-c4ccc(C)cc4)c4c(=O)n(C)c(=O)n(C)c4c32)c1. The van der Waals surface area contributed by atoms with Gasteiger partial charge in [-0.15, -0.1) is 0 Å². The first-order chi connectivity index (χ1) is 15.4. The molecule has 1 aliphatic rings. The van der Waals surface area contributed by atoms with Crippen LogP contribution < -0.4 is 16.0 Å². The van der Waals surface area contributed by atoms with E-state index >= 15 is 0 Å². The summed E-state index contributed by atoms with van der Waals surface area (Å²) in [5.74, 6) is 0.725. The van der Waals surface area contributed by atoms with Crippen molar-refractivity contribution in [3.63, 3.8) is 0 Å². The van der Waals surface area contributed by atoms with Crippen molar-refractivity contribution in [1.29, 1.82) is 0 Å². The minimum Gasteiger partial charge on any atom is -0.497 e. The Morgan fingerprint density at radius 3 is 2.50 bits per heavy atom. The third-order valence-electron chi connectivity index (χ3n) is 6.27. The second-order valence-corrected chi connectivity index (χ2v) is 8.21. The minimum absolute atomic E-state index is 0.301. The summed E-state index contributed by atoms with van der Waals surface area (Å²) < 4.78 is 16.5. The van der Waals surface area contributed by atoms with Crippen molar-refractivity contribution in [3.05, 3.63) is 86.2 Å². The van der Waals surface area contributed by atoms with Crippen LogP contribution in [0, 0.1) is 6.92 Å². The van der Waals surface area contributed by atoms with E-state index in [1.807, 2.05) is 55.5 Å². The van der Waals surface area contributed by atoms with Gasteiger partial charge in [-0.05, 0) is 30.2 Å². The van der Waals surface area contributed by atoms with Gasteiger partial charge in [0.15, 0.2) is 0 Å². The summed E-state index contributed by atoms with van der Waals surface area (Å²) in [4.78, 5) is 26.3. The normalized spacial score (nSPS) is 15.7. The molecule has 1 aliphatic heterocycles. The zero-order chi connectivity index (χ0) is 22.6. The minimum atomic E-state index is -0.432. The molecule has 164 valence electrons. The fourth-order valence-electron chi connectivity index (χ4n) is 4.65. The van der Waals surface area contributed by atoms with E-state index in [1.165, 1.54) is 11.6 Å². The molecule has 3 heterocycles. The molecule has 32 heavy (non-hydrogen) atoms. The highest BCUT2D eigenvalue weighted by atomic mass is 16.5. The van der Waals surface area contributed by atoms with Crippen molar-refractivity contribution >= 4 is 10.9 Å². The molecule has 0 unspecified atom stereocenters. The highest BCUT2D eigenvalue weighted by molar-refractivity contribution is 5.96. The summed E-state index contributed by atoms with van der Waals surface area (Å²) in [6, 6.07) is 15.8. The van der Waals surface area contributed by atoms with E-state index in [0.29, 0.717) is 24.1 Å². The third kappa shape index (κ3) is 2.92. The van der Waals surface area contributed by atoms with Gasteiger partial charge in [0, 0.05) is 20.6 Å². The van der Waals surface area contributed by atoms with Crippen LogP contribution in [-0.2, 0) is 25.4 Å². The van der Waals surface area contributed by atoms with Crippen molar-refractivity contribution in [2.45, 2.75) is 19.6 Å². The predicted octanol–water partition coefficient (Wildman–Crippen LogP) is 3.14. The molecule has 2 aromatic heterocycles. The van der Waals surface area contributed by atoms with Gasteiger partial charge in [0.25, 0.3) is 5.56 Å². The second kappa shape index (κ2) is 7.53. The smallest absolute Gasteiger partial charge is 0.331 e. The molecule has 7 nitrogen and oxygen atoms in total. The maximum Gasteiger partial charge on any atom is 0.331 e. The molecular formula is C25H25N3O4. The third-order valence-corrected chi connectivity index (χ3v) is 6.27. The zero-order valence-corrected chi connectivity index (χ0v) is 18.6. The number of ether oxygens (including phenoxy) is 2.